The maximum atomic E-state index is 10.8. The largest absolute Gasteiger partial charge is 0.494 e. The zero-order valence-electron chi connectivity index (χ0n) is 13.2. The van der Waals surface area contributed by atoms with Gasteiger partial charge in [-0.3, -0.25) is 0 Å². The fourth-order valence-corrected chi connectivity index (χ4v) is 2.41. The van der Waals surface area contributed by atoms with E-state index in [4.69, 9.17) is 21.4 Å². The molecule has 0 heterocycles. The van der Waals surface area contributed by atoms with E-state index < -0.39 is 5.97 Å². The number of halogens is 1. The van der Waals surface area contributed by atoms with Crippen molar-refractivity contribution < 1.29 is 19.7 Å². The molecule has 2 N–H and O–H groups in total. The van der Waals surface area contributed by atoms with Crippen molar-refractivity contribution >= 4 is 23.3 Å². The zero-order chi connectivity index (χ0) is 17.4. The predicted octanol–water partition coefficient (Wildman–Crippen LogP) is 3.31. The van der Waals surface area contributed by atoms with Crippen molar-refractivity contribution in [2.75, 3.05) is 31.2 Å². The molecule has 0 spiro atoms. The summed E-state index contributed by atoms with van der Waals surface area (Å²) in [5, 5.41) is 18.7. The Balaban J connectivity index is 1.82. The van der Waals surface area contributed by atoms with Gasteiger partial charge in [-0.05, 0) is 55.0 Å². The van der Waals surface area contributed by atoms with Crippen LogP contribution in [0.25, 0.3) is 0 Å². The number of benzene rings is 2. The highest BCUT2D eigenvalue weighted by atomic mass is 35.5. The van der Waals surface area contributed by atoms with Crippen molar-refractivity contribution in [1.29, 1.82) is 0 Å². The van der Waals surface area contributed by atoms with Gasteiger partial charge in [0.15, 0.2) is 0 Å². The van der Waals surface area contributed by atoms with Gasteiger partial charge in [0, 0.05) is 23.8 Å². The summed E-state index contributed by atoms with van der Waals surface area (Å²) in [7, 11) is 0. The van der Waals surface area contributed by atoms with Gasteiger partial charge < -0.3 is 19.8 Å². The number of anilines is 1. The molecule has 0 aromatic heterocycles. The summed E-state index contributed by atoms with van der Waals surface area (Å²) in [6.45, 7) is 1.84. The van der Waals surface area contributed by atoms with E-state index in [1.807, 2.05) is 24.3 Å². The van der Waals surface area contributed by atoms with E-state index in [0.717, 1.165) is 18.7 Å². The number of rotatable bonds is 9. The zero-order valence-corrected chi connectivity index (χ0v) is 13.9. The van der Waals surface area contributed by atoms with Crippen LogP contribution in [0.2, 0.25) is 5.02 Å². The topological polar surface area (TPSA) is 70.0 Å². The average Bonchev–Trinajstić information content (AvgIpc) is 2.59. The van der Waals surface area contributed by atoms with Crippen LogP contribution in [0, 0.1) is 0 Å². The fourth-order valence-electron chi connectivity index (χ4n) is 2.28. The van der Waals surface area contributed by atoms with Crippen LogP contribution in [-0.4, -0.2) is 42.5 Å². The summed E-state index contributed by atoms with van der Waals surface area (Å²) < 4.78 is 5.62. The van der Waals surface area contributed by atoms with Gasteiger partial charge in [0.05, 0.1) is 18.8 Å². The Morgan fingerprint density at radius 2 is 1.71 bits per heavy atom. The lowest BCUT2D eigenvalue weighted by molar-refractivity contribution is 0.0697. The van der Waals surface area contributed by atoms with Gasteiger partial charge in [-0.25, -0.2) is 4.79 Å². The van der Waals surface area contributed by atoms with Crippen LogP contribution < -0.4 is 9.64 Å². The Bertz CT molecular complexity index is 643. The minimum Gasteiger partial charge on any atom is -0.494 e. The molecule has 5 nitrogen and oxygen atoms in total. The molecule has 0 unspecified atom stereocenters. The first-order valence-corrected chi connectivity index (χ1v) is 8.05. The Labute approximate surface area is 146 Å². The third-order valence-electron chi connectivity index (χ3n) is 3.50. The smallest absolute Gasteiger partial charge is 0.335 e. The first kappa shape index (κ1) is 18.1. The van der Waals surface area contributed by atoms with Crippen LogP contribution in [0.15, 0.2) is 48.5 Å². The van der Waals surface area contributed by atoms with Crippen LogP contribution in [0.5, 0.6) is 5.75 Å². The highest BCUT2D eigenvalue weighted by Gasteiger charge is 2.06. The van der Waals surface area contributed by atoms with E-state index >= 15 is 0 Å². The second-order valence-electron chi connectivity index (χ2n) is 5.22. The number of ether oxygens (including phenoxy) is 1. The lowest BCUT2D eigenvalue weighted by Gasteiger charge is -2.24. The van der Waals surface area contributed by atoms with Gasteiger partial charge >= 0.3 is 5.97 Å². The molecule has 0 aliphatic heterocycles. The molecule has 0 radical (unpaired) electrons. The first-order valence-electron chi connectivity index (χ1n) is 7.67. The summed E-state index contributed by atoms with van der Waals surface area (Å²) >= 11 is 5.89. The monoisotopic (exact) mass is 349 g/mol. The van der Waals surface area contributed by atoms with Crippen molar-refractivity contribution in [3.8, 4) is 5.75 Å². The standard InChI is InChI=1S/C18H20ClNO4/c19-15-4-6-16(7-5-15)20(11-12-21)10-1-13-24-17-8-2-14(3-9-17)18(22)23/h2-9,21H,1,10-13H2,(H,22,23). The molecule has 0 aliphatic carbocycles. The minimum atomic E-state index is -0.954. The summed E-state index contributed by atoms with van der Waals surface area (Å²) in [5.41, 5.74) is 1.23. The highest BCUT2D eigenvalue weighted by molar-refractivity contribution is 6.30. The van der Waals surface area contributed by atoms with E-state index in [-0.39, 0.29) is 12.2 Å². The number of aliphatic hydroxyl groups is 1. The number of aromatic carboxylic acids is 1. The lowest BCUT2D eigenvalue weighted by atomic mass is 10.2. The van der Waals surface area contributed by atoms with E-state index in [0.29, 0.717) is 23.9 Å². The molecule has 128 valence electrons. The van der Waals surface area contributed by atoms with Gasteiger partial charge in [0.2, 0.25) is 0 Å². The number of carbonyl (C=O) groups is 1. The van der Waals surface area contributed by atoms with Gasteiger partial charge in [0.1, 0.15) is 5.75 Å². The van der Waals surface area contributed by atoms with Crippen LogP contribution in [-0.2, 0) is 0 Å². The molecule has 2 rings (SSSR count). The van der Waals surface area contributed by atoms with Crippen LogP contribution in [0.1, 0.15) is 16.8 Å². The average molecular weight is 350 g/mol. The second kappa shape index (κ2) is 9.15. The summed E-state index contributed by atoms with van der Waals surface area (Å²) in [6.07, 6.45) is 0.767. The number of hydrogen-bond donors (Lipinski definition) is 2. The SMILES string of the molecule is O=C(O)c1ccc(OCCCN(CCO)c2ccc(Cl)cc2)cc1. The van der Waals surface area contributed by atoms with Crippen molar-refractivity contribution in [1.82, 2.24) is 0 Å². The number of hydrogen-bond acceptors (Lipinski definition) is 4. The molecule has 2 aromatic rings. The third kappa shape index (κ3) is 5.44. The molecule has 0 fully saturated rings. The molecule has 0 bridgehead atoms. The van der Waals surface area contributed by atoms with Crippen LogP contribution >= 0.6 is 11.6 Å². The van der Waals surface area contributed by atoms with E-state index in [1.165, 1.54) is 12.1 Å². The molecule has 6 heteroatoms. The Hall–Kier alpha value is -2.24. The molecular formula is C18H20ClNO4. The van der Waals surface area contributed by atoms with Crippen molar-refractivity contribution in [2.24, 2.45) is 0 Å². The van der Waals surface area contributed by atoms with Crippen LogP contribution in [0.4, 0.5) is 5.69 Å². The van der Waals surface area contributed by atoms with Crippen molar-refractivity contribution in [3.63, 3.8) is 0 Å². The molecule has 24 heavy (non-hydrogen) atoms. The van der Waals surface area contributed by atoms with Crippen LogP contribution in [0.3, 0.4) is 0 Å². The molecule has 0 aliphatic rings. The second-order valence-corrected chi connectivity index (χ2v) is 5.66. The maximum absolute atomic E-state index is 10.8. The molecule has 2 aromatic carbocycles. The van der Waals surface area contributed by atoms with Gasteiger partial charge in [-0.1, -0.05) is 11.6 Å². The van der Waals surface area contributed by atoms with Gasteiger partial charge in [-0.2, -0.15) is 0 Å². The normalized spacial score (nSPS) is 10.4. The molecule has 0 amide bonds. The Morgan fingerprint density at radius 1 is 1.04 bits per heavy atom. The Morgan fingerprint density at radius 3 is 2.29 bits per heavy atom. The first-order chi connectivity index (χ1) is 11.6. The third-order valence-corrected chi connectivity index (χ3v) is 3.76. The highest BCUT2D eigenvalue weighted by Crippen LogP contribution is 2.18. The van der Waals surface area contributed by atoms with Gasteiger partial charge in [-0.15, -0.1) is 0 Å². The molecule has 0 saturated carbocycles. The minimum absolute atomic E-state index is 0.0696. The van der Waals surface area contributed by atoms with E-state index in [1.54, 1.807) is 12.1 Å². The number of carboxylic acid groups (broad SMARTS) is 1. The van der Waals surface area contributed by atoms with E-state index in [9.17, 15) is 9.90 Å². The fraction of sp³-hybridized carbons (Fsp3) is 0.278. The summed E-state index contributed by atoms with van der Waals surface area (Å²) in [5.74, 6) is -0.315. The predicted molar refractivity (Wildman–Crippen MR) is 94.3 cm³/mol. The van der Waals surface area contributed by atoms with Crippen molar-refractivity contribution in [2.45, 2.75) is 6.42 Å². The maximum Gasteiger partial charge on any atom is 0.335 e. The quantitative estimate of drug-likeness (QED) is 0.680. The molecule has 0 atom stereocenters. The number of nitrogens with zero attached hydrogens (tertiary/aromatic N) is 1. The van der Waals surface area contributed by atoms with Crippen molar-refractivity contribution in [3.05, 3.63) is 59.1 Å². The summed E-state index contributed by atoms with van der Waals surface area (Å²) in [4.78, 5) is 12.9. The van der Waals surface area contributed by atoms with E-state index in [2.05, 4.69) is 4.90 Å². The number of carboxylic acids is 1. The number of aliphatic hydroxyl groups excluding tert-OH is 1. The summed E-state index contributed by atoms with van der Waals surface area (Å²) in [6, 6.07) is 13.8. The molecular weight excluding hydrogens is 330 g/mol. The molecule has 0 saturated heterocycles. The lowest BCUT2D eigenvalue weighted by Crippen LogP contribution is -2.28. The van der Waals surface area contributed by atoms with Gasteiger partial charge in [0.25, 0.3) is 0 Å². The Kier molecular flexibility index (Phi) is 6.90.